The Labute approximate surface area is 123 Å². The number of hydrogen-bond donors (Lipinski definition) is 0. The lowest BCUT2D eigenvalue weighted by Gasteiger charge is -2.04. The Morgan fingerprint density at radius 1 is 0.905 bits per heavy atom. The van der Waals surface area contributed by atoms with Crippen LogP contribution in [0, 0.1) is 0 Å². The molecule has 1 aromatic carbocycles. The molecule has 0 unspecified atom stereocenters. The maximum atomic E-state index is 11.5. The topological polar surface area (TPSA) is 50.3 Å². The van der Waals surface area contributed by atoms with Crippen LogP contribution in [-0.2, 0) is 0 Å². The van der Waals surface area contributed by atoms with E-state index < -0.39 is 0 Å². The number of carbonyl (C=O) groups is 2. The van der Waals surface area contributed by atoms with Gasteiger partial charge in [0.25, 0.3) is 11.8 Å². The molecule has 1 aromatic heterocycles. The predicted octanol–water partition coefficient (Wildman–Crippen LogP) is 3.15. The average molecular weight is 278 g/mol. The molecule has 0 saturated carbocycles. The smallest absolute Gasteiger partial charge is 0.265 e. The molecule has 2 aromatic rings. The molecule has 4 nitrogen and oxygen atoms in total. The van der Waals surface area contributed by atoms with Gasteiger partial charge in [-0.05, 0) is 29.8 Å². The first-order valence-electron chi connectivity index (χ1n) is 6.31. The van der Waals surface area contributed by atoms with Crippen molar-refractivity contribution in [2.45, 2.75) is 0 Å². The number of aromatic nitrogens is 1. The molecule has 0 fully saturated rings. The molecule has 104 valence electrons. The molecule has 2 heterocycles. The Morgan fingerprint density at radius 2 is 1.43 bits per heavy atom. The van der Waals surface area contributed by atoms with Gasteiger partial charge in [0.05, 0.1) is 11.1 Å². The van der Waals surface area contributed by atoms with Gasteiger partial charge in [-0.15, -0.1) is 0 Å². The number of benzene rings is 1. The number of fused-ring (bicyclic) bond motifs is 1. The normalized spacial score (nSPS) is 12.3. The zero-order valence-electron chi connectivity index (χ0n) is 11.4. The lowest BCUT2D eigenvalue weighted by Crippen LogP contribution is -2.22. The Kier molecular flexibility index (Phi) is 4.41. The minimum atomic E-state index is -0.296. The van der Waals surface area contributed by atoms with Crippen molar-refractivity contribution in [1.29, 1.82) is 0 Å². The van der Waals surface area contributed by atoms with Crippen LogP contribution < -0.4 is 0 Å². The van der Waals surface area contributed by atoms with Gasteiger partial charge in [-0.25, -0.2) is 4.90 Å². The molecule has 0 saturated heterocycles. The fourth-order valence-corrected chi connectivity index (χ4v) is 1.87. The SMILES string of the molecule is C=CN1C(=O)c2ccccc2C1=O.C=Cc1ccncc1. The molecule has 1 aliphatic heterocycles. The van der Waals surface area contributed by atoms with Crippen molar-refractivity contribution in [3.63, 3.8) is 0 Å². The molecule has 0 radical (unpaired) electrons. The summed E-state index contributed by atoms with van der Waals surface area (Å²) in [7, 11) is 0. The highest BCUT2D eigenvalue weighted by atomic mass is 16.2. The number of pyridine rings is 1. The van der Waals surface area contributed by atoms with Crippen LogP contribution in [0.15, 0.2) is 68.1 Å². The lowest BCUT2D eigenvalue weighted by atomic mass is 10.1. The third-order valence-electron chi connectivity index (χ3n) is 2.95. The van der Waals surface area contributed by atoms with Gasteiger partial charge in [0, 0.05) is 18.6 Å². The highest BCUT2D eigenvalue weighted by molar-refractivity contribution is 6.21. The lowest BCUT2D eigenvalue weighted by molar-refractivity contribution is 0.0722. The van der Waals surface area contributed by atoms with E-state index in [0.717, 1.165) is 10.5 Å². The number of imide groups is 1. The first-order chi connectivity index (χ1) is 10.2. The maximum Gasteiger partial charge on any atom is 0.265 e. The largest absolute Gasteiger partial charge is 0.268 e. The average Bonchev–Trinajstić information content (AvgIpc) is 2.80. The van der Waals surface area contributed by atoms with E-state index in [0.29, 0.717) is 11.1 Å². The Hall–Kier alpha value is -3.01. The summed E-state index contributed by atoms with van der Waals surface area (Å²) in [6.07, 6.45) is 6.53. The van der Waals surface area contributed by atoms with Crippen molar-refractivity contribution in [2.75, 3.05) is 0 Å². The second-order valence-electron chi connectivity index (χ2n) is 4.19. The number of hydrogen-bond acceptors (Lipinski definition) is 3. The first kappa shape index (κ1) is 14.4. The summed E-state index contributed by atoms with van der Waals surface area (Å²) >= 11 is 0. The first-order valence-corrected chi connectivity index (χ1v) is 6.31. The summed E-state index contributed by atoms with van der Waals surface area (Å²) in [5.74, 6) is -0.591. The van der Waals surface area contributed by atoms with Crippen LogP contribution in [0.5, 0.6) is 0 Å². The molecule has 0 bridgehead atoms. The summed E-state index contributed by atoms with van der Waals surface area (Å²) in [6.45, 7) is 7.01. The molecular formula is C17H14N2O2. The van der Waals surface area contributed by atoms with Crippen molar-refractivity contribution >= 4 is 17.9 Å². The number of rotatable bonds is 2. The highest BCUT2D eigenvalue weighted by Gasteiger charge is 2.32. The number of amides is 2. The zero-order valence-corrected chi connectivity index (χ0v) is 11.4. The van der Waals surface area contributed by atoms with E-state index in [1.54, 1.807) is 42.7 Å². The predicted molar refractivity (Wildman–Crippen MR) is 81.5 cm³/mol. The molecule has 0 N–H and O–H groups in total. The van der Waals surface area contributed by atoms with Crippen LogP contribution in [0.1, 0.15) is 26.3 Å². The quantitative estimate of drug-likeness (QED) is 0.793. The molecule has 0 atom stereocenters. The van der Waals surface area contributed by atoms with E-state index in [2.05, 4.69) is 18.1 Å². The summed E-state index contributed by atoms with van der Waals surface area (Å²) < 4.78 is 0. The van der Waals surface area contributed by atoms with Crippen LogP contribution in [0.25, 0.3) is 6.08 Å². The van der Waals surface area contributed by atoms with Crippen molar-refractivity contribution in [3.8, 4) is 0 Å². The van der Waals surface area contributed by atoms with Gasteiger partial charge in [-0.2, -0.15) is 0 Å². The van der Waals surface area contributed by atoms with Crippen LogP contribution in [0.2, 0.25) is 0 Å². The van der Waals surface area contributed by atoms with Crippen molar-refractivity contribution in [1.82, 2.24) is 9.88 Å². The van der Waals surface area contributed by atoms with Gasteiger partial charge in [-0.3, -0.25) is 14.6 Å². The van der Waals surface area contributed by atoms with E-state index in [9.17, 15) is 9.59 Å². The number of nitrogens with zero attached hydrogens (tertiary/aromatic N) is 2. The highest BCUT2D eigenvalue weighted by Crippen LogP contribution is 2.21. The molecule has 0 spiro atoms. The van der Waals surface area contributed by atoms with Gasteiger partial charge < -0.3 is 0 Å². The molecule has 1 aliphatic rings. The third-order valence-corrected chi connectivity index (χ3v) is 2.95. The fourth-order valence-electron chi connectivity index (χ4n) is 1.87. The molecule has 4 heteroatoms. The summed E-state index contributed by atoms with van der Waals surface area (Å²) in [5, 5.41) is 0. The van der Waals surface area contributed by atoms with Gasteiger partial charge in [0.15, 0.2) is 0 Å². The summed E-state index contributed by atoms with van der Waals surface area (Å²) in [5.41, 5.74) is 2.01. The van der Waals surface area contributed by atoms with E-state index in [1.807, 2.05) is 12.1 Å². The fraction of sp³-hybridized carbons (Fsp3) is 0. The summed E-state index contributed by atoms with van der Waals surface area (Å²) in [4.78, 5) is 27.8. The minimum Gasteiger partial charge on any atom is -0.268 e. The standard InChI is InChI=1S/C10H7NO2.C7H7N/c1-2-11-9(12)7-5-3-4-6-8(7)10(11)13;1-2-7-3-5-8-6-4-7/h2-6H,1H2;2-6H,1H2. The van der Waals surface area contributed by atoms with E-state index in [-0.39, 0.29) is 11.8 Å². The summed E-state index contributed by atoms with van der Waals surface area (Å²) in [6, 6.07) is 10.6. The molecule has 2 amide bonds. The van der Waals surface area contributed by atoms with Crippen LogP contribution in [0.4, 0.5) is 0 Å². The van der Waals surface area contributed by atoms with Gasteiger partial charge >= 0.3 is 0 Å². The van der Waals surface area contributed by atoms with Crippen LogP contribution in [-0.4, -0.2) is 21.7 Å². The Balaban J connectivity index is 0.000000173. The van der Waals surface area contributed by atoms with Crippen molar-refractivity contribution < 1.29 is 9.59 Å². The van der Waals surface area contributed by atoms with Crippen molar-refractivity contribution in [2.24, 2.45) is 0 Å². The zero-order chi connectivity index (χ0) is 15.2. The Bertz CT molecular complexity index is 658. The van der Waals surface area contributed by atoms with Crippen LogP contribution >= 0.6 is 0 Å². The molecular weight excluding hydrogens is 264 g/mol. The second-order valence-corrected chi connectivity index (χ2v) is 4.19. The second kappa shape index (κ2) is 6.43. The van der Waals surface area contributed by atoms with Gasteiger partial charge in [0.2, 0.25) is 0 Å². The van der Waals surface area contributed by atoms with Crippen molar-refractivity contribution in [3.05, 3.63) is 84.8 Å². The maximum absolute atomic E-state index is 11.5. The van der Waals surface area contributed by atoms with E-state index >= 15 is 0 Å². The van der Waals surface area contributed by atoms with Gasteiger partial charge in [0.1, 0.15) is 0 Å². The molecule has 0 aliphatic carbocycles. The number of carbonyl (C=O) groups excluding carboxylic acids is 2. The molecule has 3 rings (SSSR count). The van der Waals surface area contributed by atoms with Gasteiger partial charge in [-0.1, -0.05) is 31.4 Å². The minimum absolute atomic E-state index is 0.296. The van der Waals surface area contributed by atoms with E-state index in [1.165, 1.54) is 6.20 Å². The monoisotopic (exact) mass is 278 g/mol. The van der Waals surface area contributed by atoms with E-state index in [4.69, 9.17) is 0 Å². The van der Waals surface area contributed by atoms with Crippen LogP contribution in [0.3, 0.4) is 0 Å². The Morgan fingerprint density at radius 3 is 1.81 bits per heavy atom. The third kappa shape index (κ3) is 2.95. The molecule has 21 heavy (non-hydrogen) atoms.